The van der Waals surface area contributed by atoms with Crippen LogP contribution in [0, 0.1) is 0 Å². The van der Waals surface area contributed by atoms with Crippen LogP contribution in [0.3, 0.4) is 0 Å². The number of rotatable bonds is 2. The van der Waals surface area contributed by atoms with E-state index in [1.807, 2.05) is 0 Å². The van der Waals surface area contributed by atoms with Gasteiger partial charge in [0.05, 0.1) is 12.5 Å². The Bertz CT molecular complexity index is 745. The predicted molar refractivity (Wildman–Crippen MR) is 90.1 cm³/mol. The largest absolute Gasteiger partial charge is 0.453 e. The average molecular weight is 332 g/mol. The summed E-state index contributed by atoms with van der Waals surface area (Å²) < 4.78 is 4.84. The summed E-state index contributed by atoms with van der Waals surface area (Å²) in [6, 6.07) is 0.206. The molecule has 0 saturated carbocycles. The average Bonchev–Trinajstić information content (AvgIpc) is 3.15. The minimum absolute atomic E-state index is 0.206. The van der Waals surface area contributed by atoms with E-state index in [-0.39, 0.29) is 12.1 Å². The molecule has 0 aromatic carbocycles. The summed E-state index contributed by atoms with van der Waals surface area (Å²) in [7, 11) is 1.43. The van der Waals surface area contributed by atoms with Crippen molar-refractivity contribution in [1.29, 1.82) is 0 Å². The van der Waals surface area contributed by atoms with Gasteiger partial charge < -0.3 is 15.0 Å². The number of amides is 1. The Balaban J connectivity index is 1.59. The van der Waals surface area contributed by atoms with Gasteiger partial charge >= 0.3 is 6.09 Å². The molecule has 2 aliphatic rings. The Morgan fingerprint density at radius 2 is 2.30 bits per heavy atom. The van der Waals surface area contributed by atoms with E-state index in [1.165, 1.54) is 29.4 Å². The lowest BCUT2D eigenvalue weighted by atomic mass is 10.1. The van der Waals surface area contributed by atoms with Crippen molar-refractivity contribution in [2.24, 2.45) is 0 Å². The van der Waals surface area contributed by atoms with Gasteiger partial charge in [-0.3, -0.25) is 0 Å². The van der Waals surface area contributed by atoms with Gasteiger partial charge in [-0.25, -0.2) is 14.8 Å². The van der Waals surface area contributed by atoms with Gasteiger partial charge in [-0.1, -0.05) is 0 Å². The molecule has 0 spiro atoms. The molecule has 1 amide bonds. The number of methoxy groups -OCH3 is 1. The number of thiophene rings is 1. The Kier molecular flexibility index (Phi) is 3.80. The highest BCUT2D eigenvalue weighted by Crippen LogP contribution is 2.39. The zero-order chi connectivity index (χ0) is 15.8. The lowest BCUT2D eigenvalue weighted by Gasteiger charge is -2.32. The van der Waals surface area contributed by atoms with Gasteiger partial charge in [0, 0.05) is 24.0 Å². The van der Waals surface area contributed by atoms with Crippen LogP contribution in [0.25, 0.3) is 10.2 Å². The molecule has 1 aliphatic carbocycles. The SMILES string of the molecule is COC(=O)N1CCCC(Nc2ncnc3sc4c(c23)CCC4)C1. The van der Waals surface area contributed by atoms with Gasteiger partial charge in [0.1, 0.15) is 17.0 Å². The van der Waals surface area contributed by atoms with Crippen molar-refractivity contribution in [1.82, 2.24) is 14.9 Å². The number of nitrogens with zero attached hydrogens (tertiary/aromatic N) is 3. The molecule has 2 aromatic heterocycles. The molecule has 1 fully saturated rings. The van der Waals surface area contributed by atoms with Crippen LogP contribution in [0.2, 0.25) is 0 Å². The summed E-state index contributed by atoms with van der Waals surface area (Å²) in [6.07, 6.45) is 6.91. The summed E-state index contributed by atoms with van der Waals surface area (Å²) in [6.45, 7) is 1.42. The number of aryl methyl sites for hydroxylation is 2. The van der Waals surface area contributed by atoms with Gasteiger partial charge in [-0.05, 0) is 37.7 Å². The van der Waals surface area contributed by atoms with Crippen LogP contribution in [0.15, 0.2) is 6.33 Å². The quantitative estimate of drug-likeness (QED) is 0.916. The van der Waals surface area contributed by atoms with Crippen LogP contribution in [0.1, 0.15) is 29.7 Å². The first-order valence-electron chi connectivity index (χ1n) is 8.11. The minimum Gasteiger partial charge on any atom is -0.453 e. The lowest BCUT2D eigenvalue weighted by Crippen LogP contribution is -2.45. The Morgan fingerprint density at radius 3 is 3.17 bits per heavy atom. The number of carbonyl (C=O) groups is 1. The molecule has 1 N–H and O–H groups in total. The third-order valence-corrected chi connectivity index (χ3v) is 5.90. The number of piperidine rings is 1. The Morgan fingerprint density at radius 1 is 1.39 bits per heavy atom. The molecular formula is C16H20N4O2S. The fourth-order valence-corrected chi connectivity index (χ4v) is 4.85. The molecule has 3 heterocycles. The summed E-state index contributed by atoms with van der Waals surface area (Å²) >= 11 is 1.80. The van der Waals surface area contributed by atoms with Crippen molar-refractivity contribution in [2.45, 2.75) is 38.1 Å². The van der Waals surface area contributed by atoms with Crippen molar-refractivity contribution in [2.75, 3.05) is 25.5 Å². The third-order valence-electron chi connectivity index (χ3n) is 4.70. The fraction of sp³-hybridized carbons (Fsp3) is 0.562. The second-order valence-corrected chi connectivity index (χ2v) is 7.24. The molecule has 7 heteroatoms. The molecule has 1 unspecified atom stereocenters. The Labute approximate surface area is 138 Å². The number of likely N-dealkylation sites (tertiary alicyclic amines) is 1. The first-order valence-corrected chi connectivity index (χ1v) is 8.92. The van der Waals surface area contributed by atoms with Crippen molar-refractivity contribution < 1.29 is 9.53 Å². The van der Waals surface area contributed by atoms with Gasteiger partial charge in [0.2, 0.25) is 0 Å². The highest BCUT2D eigenvalue weighted by molar-refractivity contribution is 7.19. The standard InChI is InChI=1S/C16H20N4O2S/c1-22-16(21)20-7-3-4-10(8-20)19-14-13-11-5-2-6-12(11)23-15(13)18-9-17-14/h9-10H,2-8H2,1H3,(H,17,18,19). The Hall–Kier alpha value is -1.89. The second-order valence-electron chi connectivity index (χ2n) is 6.16. The molecule has 1 atom stereocenters. The molecule has 122 valence electrons. The monoisotopic (exact) mass is 332 g/mol. The van der Waals surface area contributed by atoms with Crippen LogP contribution in [0.5, 0.6) is 0 Å². The number of hydrogen-bond acceptors (Lipinski definition) is 6. The lowest BCUT2D eigenvalue weighted by molar-refractivity contribution is 0.113. The molecule has 0 radical (unpaired) electrons. The summed E-state index contributed by atoms with van der Waals surface area (Å²) in [5.74, 6) is 0.922. The van der Waals surface area contributed by atoms with Crippen molar-refractivity contribution in [3.05, 3.63) is 16.8 Å². The number of carbonyl (C=O) groups excluding carboxylic acids is 1. The topological polar surface area (TPSA) is 67.3 Å². The van der Waals surface area contributed by atoms with Crippen LogP contribution < -0.4 is 5.32 Å². The molecule has 23 heavy (non-hydrogen) atoms. The maximum absolute atomic E-state index is 11.7. The number of ether oxygens (including phenoxy) is 1. The number of hydrogen-bond donors (Lipinski definition) is 1. The molecule has 4 rings (SSSR count). The summed E-state index contributed by atoms with van der Waals surface area (Å²) in [4.78, 5) is 25.0. The molecule has 1 aliphatic heterocycles. The van der Waals surface area contributed by atoms with E-state index in [0.29, 0.717) is 6.54 Å². The van der Waals surface area contributed by atoms with E-state index >= 15 is 0 Å². The number of anilines is 1. The van der Waals surface area contributed by atoms with Gasteiger partial charge in [0.15, 0.2) is 0 Å². The highest BCUT2D eigenvalue weighted by atomic mass is 32.1. The van der Waals surface area contributed by atoms with Gasteiger partial charge in [-0.2, -0.15) is 0 Å². The summed E-state index contributed by atoms with van der Waals surface area (Å²) in [5.41, 5.74) is 1.42. The van der Waals surface area contributed by atoms with Crippen LogP contribution in [-0.2, 0) is 17.6 Å². The predicted octanol–water partition coefficient (Wildman–Crippen LogP) is 2.82. The number of fused-ring (bicyclic) bond motifs is 3. The normalized spacial score (nSPS) is 20.6. The molecule has 0 bridgehead atoms. The van der Waals surface area contributed by atoms with E-state index in [0.717, 1.165) is 42.9 Å². The first kappa shape index (κ1) is 14.7. The zero-order valence-corrected chi connectivity index (χ0v) is 14.0. The van der Waals surface area contributed by atoms with Crippen LogP contribution in [-0.4, -0.2) is 47.2 Å². The van der Waals surface area contributed by atoms with Crippen molar-refractivity contribution in [3.8, 4) is 0 Å². The first-order chi connectivity index (χ1) is 11.3. The maximum atomic E-state index is 11.7. The van der Waals surface area contributed by atoms with E-state index in [1.54, 1.807) is 22.6 Å². The van der Waals surface area contributed by atoms with Crippen molar-refractivity contribution in [3.63, 3.8) is 0 Å². The van der Waals surface area contributed by atoms with Crippen LogP contribution in [0.4, 0.5) is 10.6 Å². The fourth-order valence-electron chi connectivity index (χ4n) is 3.62. The summed E-state index contributed by atoms with van der Waals surface area (Å²) in [5, 5.41) is 4.75. The maximum Gasteiger partial charge on any atom is 0.409 e. The van der Waals surface area contributed by atoms with E-state index < -0.39 is 0 Å². The second kappa shape index (κ2) is 5.96. The van der Waals surface area contributed by atoms with E-state index in [9.17, 15) is 4.79 Å². The van der Waals surface area contributed by atoms with E-state index in [2.05, 4.69) is 15.3 Å². The smallest absolute Gasteiger partial charge is 0.409 e. The van der Waals surface area contributed by atoms with Crippen molar-refractivity contribution >= 4 is 33.5 Å². The molecule has 6 nitrogen and oxygen atoms in total. The zero-order valence-electron chi connectivity index (χ0n) is 13.2. The molecule has 2 aromatic rings. The number of nitrogens with one attached hydrogen (secondary N) is 1. The molecular weight excluding hydrogens is 312 g/mol. The van der Waals surface area contributed by atoms with Crippen LogP contribution >= 0.6 is 11.3 Å². The minimum atomic E-state index is -0.249. The number of aromatic nitrogens is 2. The van der Waals surface area contributed by atoms with E-state index in [4.69, 9.17) is 4.74 Å². The molecule has 1 saturated heterocycles. The highest BCUT2D eigenvalue weighted by Gasteiger charge is 2.26. The third kappa shape index (κ3) is 2.63. The van der Waals surface area contributed by atoms with Gasteiger partial charge in [-0.15, -0.1) is 11.3 Å². The van der Waals surface area contributed by atoms with Gasteiger partial charge in [0.25, 0.3) is 0 Å².